The summed E-state index contributed by atoms with van der Waals surface area (Å²) < 4.78 is 5.52. The average Bonchev–Trinajstić information content (AvgIpc) is 2.46. The summed E-state index contributed by atoms with van der Waals surface area (Å²) in [6, 6.07) is 0.166. The Kier molecular flexibility index (Phi) is 7.50. The minimum Gasteiger partial charge on any atom is -0.481 e. The predicted octanol–water partition coefficient (Wildman–Crippen LogP) is 2.09. The number of rotatable bonds is 7. The Morgan fingerprint density at radius 3 is 2.48 bits per heavy atom. The van der Waals surface area contributed by atoms with Crippen LogP contribution in [0.2, 0.25) is 0 Å². The zero-order valence-corrected chi connectivity index (χ0v) is 13.3. The first-order valence-electron chi connectivity index (χ1n) is 7.82. The number of piperidine rings is 1. The molecule has 0 saturated carbocycles. The molecule has 1 rings (SSSR count). The molecule has 1 heterocycles. The molecule has 0 bridgehead atoms. The summed E-state index contributed by atoms with van der Waals surface area (Å²) in [7, 11) is 0. The molecule has 2 N–H and O–H groups in total. The summed E-state index contributed by atoms with van der Waals surface area (Å²) in [5.74, 6) is -0.378. The second kappa shape index (κ2) is 8.87. The Morgan fingerprint density at radius 2 is 1.95 bits per heavy atom. The number of urea groups is 1. The van der Waals surface area contributed by atoms with Gasteiger partial charge in [0.15, 0.2) is 0 Å². The number of carboxylic acid groups (broad SMARTS) is 1. The fraction of sp³-hybridized carbons (Fsp3) is 0.867. The predicted molar refractivity (Wildman–Crippen MR) is 80.2 cm³/mol. The molecule has 2 atom stereocenters. The van der Waals surface area contributed by atoms with E-state index < -0.39 is 5.97 Å². The van der Waals surface area contributed by atoms with Gasteiger partial charge in [0.1, 0.15) is 0 Å². The molecule has 0 aliphatic carbocycles. The van der Waals surface area contributed by atoms with Crippen LogP contribution < -0.4 is 5.32 Å². The van der Waals surface area contributed by atoms with E-state index in [1.807, 2.05) is 11.8 Å². The van der Waals surface area contributed by atoms with E-state index >= 15 is 0 Å². The molecular weight excluding hydrogens is 272 g/mol. The van der Waals surface area contributed by atoms with Crippen molar-refractivity contribution in [3.63, 3.8) is 0 Å². The first-order chi connectivity index (χ1) is 9.93. The number of nitrogens with one attached hydrogen (secondary N) is 1. The molecule has 0 radical (unpaired) electrons. The number of amides is 2. The van der Waals surface area contributed by atoms with Crippen LogP contribution in [-0.4, -0.2) is 53.8 Å². The van der Waals surface area contributed by atoms with Gasteiger partial charge in [-0.1, -0.05) is 20.3 Å². The second-order valence-electron chi connectivity index (χ2n) is 5.82. The van der Waals surface area contributed by atoms with E-state index in [0.29, 0.717) is 19.0 Å². The molecule has 0 aromatic carbocycles. The van der Waals surface area contributed by atoms with Crippen LogP contribution in [0.5, 0.6) is 0 Å². The highest BCUT2D eigenvalue weighted by Crippen LogP contribution is 2.15. The molecule has 122 valence electrons. The lowest BCUT2D eigenvalue weighted by Gasteiger charge is -2.33. The van der Waals surface area contributed by atoms with Gasteiger partial charge in [-0.2, -0.15) is 0 Å². The number of carboxylic acids is 1. The van der Waals surface area contributed by atoms with Gasteiger partial charge in [0.2, 0.25) is 0 Å². The Hall–Kier alpha value is -1.30. The molecule has 0 aromatic heterocycles. The third-order valence-corrected chi connectivity index (χ3v) is 4.25. The van der Waals surface area contributed by atoms with E-state index in [4.69, 9.17) is 9.84 Å². The average molecular weight is 300 g/mol. The van der Waals surface area contributed by atoms with Gasteiger partial charge in [0, 0.05) is 19.1 Å². The summed E-state index contributed by atoms with van der Waals surface area (Å²) in [6.45, 7) is 7.86. The topological polar surface area (TPSA) is 78.9 Å². The summed E-state index contributed by atoms with van der Waals surface area (Å²) in [4.78, 5) is 24.4. The van der Waals surface area contributed by atoms with Gasteiger partial charge in [-0.3, -0.25) is 4.79 Å². The van der Waals surface area contributed by atoms with E-state index in [2.05, 4.69) is 19.2 Å². The van der Waals surface area contributed by atoms with Gasteiger partial charge < -0.3 is 20.1 Å². The number of aliphatic carboxylic acids is 1. The highest BCUT2D eigenvalue weighted by atomic mass is 16.5. The van der Waals surface area contributed by atoms with Crippen LogP contribution in [0.15, 0.2) is 0 Å². The highest BCUT2D eigenvalue weighted by molar-refractivity contribution is 5.74. The summed E-state index contributed by atoms with van der Waals surface area (Å²) in [5, 5.41) is 11.6. The Bertz CT molecular complexity index is 341. The highest BCUT2D eigenvalue weighted by Gasteiger charge is 2.24. The van der Waals surface area contributed by atoms with Crippen LogP contribution in [0.25, 0.3) is 0 Å². The summed E-state index contributed by atoms with van der Waals surface area (Å²) in [6.07, 6.45) is 2.68. The fourth-order valence-corrected chi connectivity index (χ4v) is 2.32. The number of hydrogen-bond donors (Lipinski definition) is 2. The van der Waals surface area contributed by atoms with Crippen LogP contribution in [-0.2, 0) is 9.53 Å². The standard InChI is InChI=1S/C15H28N2O4/c1-4-11(2)12(3)16-15(20)17-8-5-13(6-9-17)21-10-7-14(18)19/h11-13H,4-10H2,1-3H3,(H,16,20)(H,18,19). The fourth-order valence-electron chi connectivity index (χ4n) is 2.32. The molecule has 1 aliphatic heterocycles. The number of hydrogen-bond acceptors (Lipinski definition) is 3. The molecule has 6 heteroatoms. The molecule has 2 unspecified atom stereocenters. The number of likely N-dealkylation sites (tertiary alicyclic amines) is 1. The van der Waals surface area contributed by atoms with Crippen molar-refractivity contribution in [2.24, 2.45) is 5.92 Å². The van der Waals surface area contributed by atoms with Crippen molar-refractivity contribution in [1.29, 1.82) is 0 Å². The SMILES string of the molecule is CCC(C)C(C)NC(=O)N1CCC(OCCC(=O)O)CC1. The molecular formula is C15H28N2O4. The zero-order chi connectivity index (χ0) is 15.8. The van der Waals surface area contributed by atoms with Crippen LogP contribution in [0.1, 0.15) is 46.5 Å². The molecule has 1 aliphatic rings. The molecule has 0 aromatic rings. The van der Waals surface area contributed by atoms with Crippen molar-refractivity contribution >= 4 is 12.0 Å². The first kappa shape index (κ1) is 17.8. The maximum atomic E-state index is 12.1. The van der Waals surface area contributed by atoms with Gasteiger partial charge in [0.05, 0.1) is 19.1 Å². The molecule has 1 fully saturated rings. The van der Waals surface area contributed by atoms with Crippen molar-refractivity contribution in [2.45, 2.75) is 58.6 Å². The van der Waals surface area contributed by atoms with Crippen molar-refractivity contribution < 1.29 is 19.4 Å². The minimum atomic E-state index is -0.842. The second-order valence-corrected chi connectivity index (χ2v) is 5.82. The van der Waals surface area contributed by atoms with E-state index in [1.54, 1.807) is 0 Å². The molecule has 0 spiro atoms. The first-order valence-corrected chi connectivity index (χ1v) is 7.82. The van der Waals surface area contributed by atoms with E-state index in [1.165, 1.54) is 0 Å². The monoisotopic (exact) mass is 300 g/mol. The lowest BCUT2D eigenvalue weighted by Crippen LogP contribution is -2.49. The Labute approximate surface area is 126 Å². The maximum Gasteiger partial charge on any atom is 0.317 e. The number of carbonyl (C=O) groups excluding carboxylic acids is 1. The quantitative estimate of drug-likeness (QED) is 0.754. The normalized spacial score (nSPS) is 19.1. The third kappa shape index (κ3) is 6.33. The number of ether oxygens (including phenoxy) is 1. The lowest BCUT2D eigenvalue weighted by atomic mass is 10.0. The molecule has 21 heavy (non-hydrogen) atoms. The summed E-state index contributed by atoms with van der Waals surface area (Å²) in [5.41, 5.74) is 0. The van der Waals surface area contributed by atoms with E-state index in [-0.39, 0.29) is 31.2 Å². The van der Waals surface area contributed by atoms with Gasteiger partial charge in [0.25, 0.3) is 0 Å². The zero-order valence-electron chi connectivity index (χ0n) is 13.3. The molecule has 2 amide bonds. The third-order valence-electron chi connectivity index (χ3n) is 4.25. The molecule has 6 nitrogen and oxygen atoms in total. The molecule has 1 saturated heterocycles. The van der Waals surface area contributed by atoms with Crippen LogP contribution in [0.4, 0.5) is 4.79 Å². The Balaban J connectivity index is 2.25. The smallest absolute Gasteiger partial charge is 0.317 e. The Morgan fingerprint density at radius 1 is 1.33 bits per heavy atom. The maximum absolute atomic E-state index is 12.1. The van der Waals surface area contributed by atoms with Gasteiger partial charge >= 0.3 is 12.0 Å². The number of nitrogens with zero attached hydrogens (tertiary/aromatic N) is 1. The summed E-state index contributed by atoms with van der Waals surface area (Å²) >= 11 is 0. The van der Waals surface area contributed by atoms with E-state index in [9.17, 15) is 9.59 Å². The van der Waals surface area contributed by atoms with Gasteiger partial charge in [-0.15, -0.1) is 0 Å². The largest absolute Gasteiger partial charge is 0.481 e. The lowest BCUT2D eigenvalue weighted by molar-refractivity contribution is -0.138. The minimum absolute atomic E-state index is 0.00761. The van der Waals surface area contributed by atoms with Gasteiger partial charge in [-0.05, 0) is 25.7 Å². The number of carbonyl (C=O) groups is 2. The van der Waals surface area contributed by atoms with Crippen molar-refractivity contribution in [3.05, 3.63) is 0 Å². The van der Waals surface area contributed by atoms with E-state index in [0.717, 1.165) is 19.3 Å². The van der Waals surface area contributed by atoms with Gasteiger partial charge in [-0.25, -0.2) is 4.79 Å². The van der Waals surface area contributed by atoms with Crippen molar-refractivity contribution in [1.82, 2.24) is 10.2 Å². The van der Waals surface area contributed by atoms with Crippen molar-refractivity contribution in [2.75, 3.05) is 19.7 Å². The van der Waals surface area contributed by atoms with Crippen LogP contribution in [0.3, 0.4) is 0 Å². The van der Waals surface area contributed by atoms with Crippen molar-refractivity contribution in [3.8, 4) is 0 Å². The van der Waals surface area contributed by atoms with Crippen LogP contribution >= 0.6 is 0 Å². The van der Waals surface area contributed by atoms with Crippen LogP contribution in [0, 0.1) is 5.92 Å².